The molecule has 6 nitrogen and oxygen atoms in total. The van der Waals surface area contributed by atoms with Crippen molar-refractivity contribution in [2.24, 2.45) is 7.05 Å². The topological polar surface area (TPSA) is 76.3 Å². The SMILES string of the molecule is Cn1c(=O)oc2cc(CNC(=O)NC3CCCC3)ccc21. The number of carbonyl (C=O) groups is 1. The van der Waals surface area contributed by atoms with Gasteiger partial charge in [-0.2, -0.15) is 0 Å². The van der Waals surface area contributed by atoms with Crippen molar-refractivity contribution in [3.63, 3.8) is 0 Å². The Hall–Kier alpha value is -2.24. The van der Waals surface area contributed by atoms with Gasteiger partial charge in [0.2, 0.25) is 0 Å². The summed E-state index contributed by atoms with van der Waals surface area (Å²) in [4.78, 5) is 23.2. The number of urea groups is 1. The highest BCUT2D eigenvalue weighted by Crippen LogP contribution is 2.17. The van der Waals surface area contributed by atoms with Crippen LogP contribution in [0.15, 0.2) is 27.4 Å². The average Bonchev–Trinajstić information content (AvgIpc) is 3.06. The zero-order valence-electron chi connectivity index (χ0n) is 12.0. The predicted molar refractivity (Wildman–Crippen MR) is 79.1 cm³/mol. The third-order valence-electron chi connectivity index (χ3n) is 4.00. The molecule has 1 aromatic heterocycles. The first kappa shape index (κ1) is 13.7. The molecule has 1 fully saturated rings. The molecule has 0 bridgehead atoms. The van der Waals surface area contributed by atoms with Crippen LogP contribution in [0.25, 0.3) is 11.1 Å². The van der Waals surface area contributed by atoms with Gasteiger partial charge in [0.1, 0.15) is 0 Å². The summed E-state index contributed by atoms with van der Waals surface area (Å²) in [5, 5.41) is 5.81. The van der Waals surface area contributed by atoms with Gasteiger partial charge in [-0.05, 0) is 30.5 Å². The van der Waals surface area contributed by atoms with Gasteiger partial charge in [0.05, 0.1) is 5.52 Å². The van der Waals surface area contributed by atoms with Gasteiger partial charge in [-0.1, -0.05) is 18.9 Å². The molecule has 2 amide bonds. The first-order valence-corrected chi connectivity index (χ1v) is 7.26. The maximum absolute atomic E-state index is 11.8. The molecule has 3 rings (SSSR count). The van der Waals surface area contributed by atoms with Gasteiger partial charge in [-0.3, -0.25) is 4.57 Å². The third-order valence-corrected chi connectivity index (χ3v) is 4.00. The number of carbonyl (C=O) groups excluding carboxylic acids is 1. The molecule has 1 aromatic carbocycles. The smallest absolute Gasteiger partial charge is 0.408 e. The Bertz CT molecular complexity index is 711. The second-order valence-electron chi connectivity index (χ2n) is 5.54. The Morgan fingerprint density at radius 1 is 1.38 bits per heavy atom. The summed E-state index contributed by atoms with van der Waals surface area (Å²) in [6, 6.07) is 5.65. The molecule has 0 spiro atoms. The van der Waals surface area contributed by atoms with Crippen LogP contribution in [0.2, 0.25) is 0 Å². The van der Waals surface area contributed by atoms with Crippen molar-refractivity contribution in [2.75, 3.05) is 0 Å². The van der Waals surface area contributed by atoms with E-state index in [1.54, 1.807) is 13.1 Å². The minimum atomic E-state index is -0.380. The highest BCUT2D eigenvalue weighted by Gasteiger charge is 2.16. The molecule has 112 valence electrons. The van der Waals surface area contributed by atoms with E-state index >= 15 is 0 Å². The summed E-state index contributed by atoms with van der Waals surface area (Å²) in [5.41, 5.74) is 2.19. The highest BCUT2D eigenvalue weighted by atomic mass is 16.4. The molecule has 2 aromatic rings. The molecule has 21 heavy (non-hydrogen) atoms. The van der Waals surface area contributed by atoms with E-state index in [-0.39, 0.29) is 11.8 Å². The van der Waals surface area contributed by atoms with Gasteiger partial charge in [-0.25, -0.2) is 9.59 Å². The zero-order valence-corrected chi connectivity index (χ0v) is 12.0. The second kappa shape index (κ2) is 5.63. The van der Waals surface area contributed by atoms with E-state index in [0.717, 1.165) is 23.9 Å². The number of nitrogens with one attached hydrogen (secondary N) is 2. The molecule has 0 radical (unpaired) electrons. The Labute approximate surface area is 122 Å². The number of amides is 2. The maximum atomic E-state index is 11.8. The van der Waals surface area contributed by atoms with Gasteiger partial charge in [0.25, 0.3) is 0 Å². The first-order valence-electron chi connectivity index (χ1n) is 7.26. The monoisotopic (exact) mass is 289 g/mol. The van der Waals surface area contributed by atoms with Crippen molar-refractivity contribution in [2.45, 2.75) is 38.3 Å². The van der Waals surface area contributed by atoms with Crippen molar-refractivity contribution in [3.8, 4) is 0 Å². The quantitative estimate of drug-likeness (QED) is 0.905. The maximum Gasteiger partial charge on any atom is 0.419 e. The van der Waals surface area contributed by atoms with Crippen molar-refractivity contribution in [1.82, 2.24) is 15.2 Å². The van der Waals surface area contributed by atoms with Crippen LogP contribution in [0.5, 0.6) is 0 Å². The zero-order chi connectivity index (χ0) is 14.8. The van der Waals surface area contributed by atoms with Crippen LogP contribution in [-0.2, 0) is 13.6 Å². The van der Waals surface area contributed by atoms with Crippen LogP contribution in [-0.4, -0.2) is 16.6 Å². The average molecular weight is 289 g/mol. The number of oxazole rings is 1. The van der Waals surface area contributed by atoms with Crippen LogP contribution in [0.1, 0.15) is 31.2 Å². The summed E-state index contributed by atoms with van der Waals surface area (Å²) in [6.45, 7) is 0.410. The van der Waals surface area contributed by atoms with Gasteiger partial charge >= 0.3 is 11.8 Å². The number of nitrogens with zero attached hydrogens (tertiary/aromatic N) is 1. The molecule has 0 aliphatic heterocycles. The minimum Gasteiger partial charge on any atom is -0.408 e. The Morgan fingerprint density at radius 2 is 2.14 bits per heavy atom. The number of fused-ring (bicyclic) bond motifs is 1. The number of hydrogen-bond acceptors (Lipinski definition) is 3. The molecule has 2 N–H and O–H groups in total. The normalized spacial score (nSPS) is 15.5. The van der Waals surface area contributed by atoms with E-state index < -0.39 is 0 Å². The van der Waals surface area contributed by atoms with Crippen LogP contribution >= 0.6 is 0 Å². The van der Waals surface area contributed by atoms with Crippen molar-refractivity contribution >= 4 is 17.1 Å². The van der Waals surface area contributed by atoms with Crippen molar-refractivity contribution < 1.29 is 9.21 Å². The fourth-order valence-electron chi connectivity index (χ4n) is 2.78. The van der Waals surface area contributed by atoms with E-state index in [0.29, 0.717) is 18.2 Å². The van der Waals surface area contributed by atoms with Crippen LogP contribution < -0.4 is 16.4 Å². The Morgan fingerprint density at radius 3 is 2.90 bits per heavy atom. The summed E-state index contributed by atoms with van der Waals surface area (Å²) >= 11 is 0. The Balaban J connectivity index is 1.62. The van der Waals surface area contributed by atoms with Crippen LogP contribution in [0.3, 0.4) is 0 Å². The molecule has 1 heterocycles. The van der Waals surface area contributed by atoms with E-state index in [1.165, 1.54) is 17.4 Å². The predicted octanol–water partition coefficient (Wildman–Crippen LogP) is 1.87. The summed E-state index contributed by atoms with van der Waals surface area (Å²) in [5.74, 6) is -0.380. The van der Waals surface area contributed by atoms with Crippen LogP contribution in [0, 0.1) is 0 Å². The molecular weight excluding hydrogens is 270 g/mol. The number of rotatable bonds is 3. The molecule has 1 aliphatic carbocycles. The van der Waals surface area contributed by atoms with Gasteiger partial charge in [-0.15, -0.1) is 0 Å². The van der Waals surface area contributed by atoms with Crippen LogP contribution in [0.4, 0.5) is 4.79 Å². The number of benzene rings is 1. The van der Waals surface area contributed by atoms with Crippen molar-refractivity contribution in [3.05, 3.63) is 34.3 Å². The minimum absolute atomic E-state index is 0.142. The number of aryl methyl sites for hydroxylation is 1. The lowest BCUT2D eigenvalue weighted by Gasteiger charge is -2.12. The molecule has 0 unspecified atom stereocenters. The molecule has 6 heteroatoms. The number of hydrogen-bond donors (Lipinski definition) is 2. The fourth-order valence-corrected chi connectivity index (χ4v) is 2.78. The van der Waals surface area contributed by atoms with E-state index in [2.05, 4.69) is 10.6 Å². The van der Waals surface area contributed by atoms with Gasteiger partial charge in [0, 0.05) is 19.6 Å². The molecule has 0 atom stereocenters. The first-order chi connectivity index (χ1) is 10.1. The molecule has 0 saturated heterocycles. The number of aromatic nitrogens is 1. The summed E-state index contributed by atoms with van der Waals surface area (Å²) in [6.07, 6.45) is 4.51. The van der Waals surface area contributed by atoms with E-state index in [9.17, 15) is 9.59 Å². The fraction of sp³-hybridized carbons (Fsp3) is 0.467. The van der Waals surface area contributed by atoms with Gasteiger partial charge in [0.15, 0.2) is 5.58 Å². The molecular formula is C15H19N3O3. The molecule has 1 saturated carbocycles. The largest absolute Gasteiger partial charge is 0.419 e. The molecule has 1 aliphatic rings. The second-order valence-corrected chi connectivity index (χ2v) is 5.54. The lowest BCUT2D eigenvalue weighted by atomic mass is 10.2. The van der Waals surface area contributed by atoms with E-state index in [4.69, 9.17) is 4.42 Å². The van der Waals surface area contributed by atoms with Gasteiger partial charge < -0.3 is 15.1 Å². The standard InChI is InChI=1S/C15H19N3O3/c1-18-12-7-6-10(8-13(12)21-15(18)20)9-16-14(19)17-11-4-2-3-5-11/h6-8,11H,2-5,9H2,1H3,(H2,16,17,19). The summed E-state index contributed by atoms with van der Waals surface area (Å²) < 4.78 is 6.59. The van der Waals surface area contributed by atoms with Crippen molar-refractivity contribution in [1.29, 1.82) is 0 Å². The highest BCUT2D eigenvalue weighted by molar-refractivity contribution is 5.75. The lowest BCUT2D eigenvalue weighted by Crippen LogP contribution is -2.40. The van der Waals surface area contributed by atoms with E-state index in [1.807, 2.05) is 12.1 Å². The third kappa shape index (κ3) is 2.94. The Kier molecular flexibility index (Phi) is 3.68. The lowest BCUT2D eigenvalue weighted by molar-refractivity contribution is 0.236. The summed E-state index contributed by atoms with van der Waals surface area (Å²) in [7, 11) is 1.67.